The lowest BCUT2D eigenvalue weighted by atomic mass is 10.1. The van der Waals surface area contributed by atoms with Crippen LogP contribution in [-0.2, 0) is 14.3 Å². The average Bonchev–Trinajstić information content (AvgIpc) is 2.91. The summed E-state index contributed by atoms with van der Waals surface area (Å²) < 4.78 is 11.9. The van der Waals surface area contributed by atoms with Crippen molar-refractivity contribution in [2.75, 3.05) is 13.7 Å². The molecule has 0 aliphatic carbocycles. The second-order valence-corrected chi connectivity index (χ2v) is 5.57. The molecular formula is C19H19N3O4. The van der Waals surface area contributed by atoms with Crippen LogP contribution < -0.4 is 10.5 Å². The number of aromatic nitrogens is 1. The topological polar surface area (TPSA) is 107 Å². The number of benzene rings is 1. The minimum absolute atomic E-state index is 0.207. The van der Waals surface area contributed by atoms with E-state index in [1.807, 2.05) is 48.7 Å². The zero-order valence-corrected chi connectivity index (χ0v) is 14.8. The van der Waals surface area contributed by atoms with Gasteiger partial charge in [-0.1, -0.05) is 0 Å². The van der Waals surface area contributed by atoms with Gasteiger partial charge in [0.2, 0.25) is 0 Å². The molecule has 0 fully saturated rings. The Hall–Kier alpha value is -3.53. The molecule has 7 heteroatoms. The SMILES string of the molecule is COc1ccc(-n2c(C)cc(C=C(C#N)C(=O)OCC(N)=O)c2C)cc1. The molecule has 7 nitrogen and oxygen atoms in total. The van der Waals surface area contributed by atoms with Gasteiger partial charge in [-0.05, 0) is 55.8 Å². The molecule has 0 bridgehead atoms. The average molecular weight is 353 g/mol. The first-order chi connectivity index (χ1) is 12.4. The van der Waals surface area contributed by atoms with Crippen LogP contribution in [0.5, 0.6) is 5.75 Å². The van der Waals surface area contributed by atoms with E-state index in [9.17, 15) is 14.9 Å². The van der Waals surface area contributed by atoms with E-state index in [2.05, 4.69) is 0 Å². The number of nitrogens with zero attached hydrogens (tertiary/aromatic N) is 2. The normalized spacial score (nSPS) is 10.9. The minimum Gasteiger partial charge on any atom is -0.497 e. The van der Waals surface area contributed by atoms with Gasteiger partial charge >= 0.3 is 5.97 Å². The number of primary amides is 1. The van der Waals surface area contributed by atoms with Crippen LogP contribution in [0, 0.1) is 25.2 Å². The maximum absolute atomic E-state index is 11.9. The predicted molar refractivity (Wildman–Crippen MR) is 95.5 cm³/mol. The molecule has 2 rings (SSSR count). The van der Waals surface area contributed by atoms with Crippen molar-refractivity contribution in [1.29, 1.82) is 5.26 Å². The lowest BCUT2D eigenvalue weighted by Crippen LogP contribution is -2.21. The molecule has 1 amide bonds. The molecule has 0 spiro atoms. The number of hydrogen-bond acceptors (Lipinski definition) is 5. The highest BCUT2D eigenvalue weighted by molar-refractivity contribution is 5.99. The fourth-order valence-electron chi connectivity index (χ4n) is 2.57. The van der Waals surface area contributed by atoms with Crippen molar-refractivity contribution in [2.24, 2.45) is 5.73 Å². The van der Waals surface area contributed by atoms with Crippen LogP contribution in [0.25, 0.3) is 11.8 Å². The molecule has 0 aliphatic rings. The number of methoxy groups -OCH3 is 1. The molecule has 0 atom stereocenters. The zero-order chi connectivity index (χ0) is 19.3. The van der Waals surface area contributed by atoms with E-state index in [0.717, 1.165) is 22.8 Å². The molecular weight excluding hydrogens is 334 g/mol. The monoisotopic (exact) mass is 353 g/mol. The molecule has 0 saturated carbocycles. The van der Waals surface area contributed by atoms with Crippen LogP contribution in [0.2, 0.25) is 0 Å². The third kappa shape index (κ3) is 4.11. The molecule has 0 radical (unpaired) electrons. The quantitative estimate of drug-likeness (QED) is 0.486. The number of carbonyl (C=O) groups is 2. The lowest BCUT2D eigenvalue weighted by Gasteiger charge is -2.10. The largest absolute Gasteiger partial charge is 0.497 e. The first kappa shape index (κ1) is 18.8. The van der Waals surface area contributed by atoms with Crippen molar-refractivity contribution in [3.63, 3.8) is 0 Å². The number of rotatable bonds is 6. The Morgan fingerprint density at radius 3 is 2.46 bits per heavy atom. The summed E-state index contributed by atoms with van der Waals surface area (Å²) in [7, 11) is 1.60. The van der Waals surface area contributed by atoms with E-state index < -0.39 is 18.5 Å². The van der Waals surface area contributed by atoms with Crippen molar-refractivity contribution in [3.8, 4) is 17.5 Å². The number of nitriles is 1. The van der Waals surface area contributed by atoms with E-state index >= 15 is 0 Å². The van der Waals surface area contributed by atoms with E-state index in [-0.39, 0.29) is 5.57 Å². The molecule has 0 saturated heterocycles. The van der Waals surface area contributed by atoms with Gasteiger partial charge in [0.1, 0.15) is 17.4 Å². The van der Waals surface area contributed by atoms with Crippen LogP contribution in [0.1, 0.15) is 17.0 Å². The van der Waals surface area contributed by atoms with Crippen molar-refractivity contribution in [3.05, 3.63) is 52.9 Å². The fraction of sp³-hybridized carbons (Fsp3) is 0.211. The van der Waals surface area contributed by atoms with Gasteiger partial charge in [0, 0.05) is 17.1 Å². The predicted octanol–water partition coefficient (Wildman–Crippen LogP) is 2.04. The third-order valence-electron chi connectivity index (χ3n) is 3.79. The van der Waals surface area contributed by atoms with Crippen molar-refractivity contribution in [1.82, 2.24) is 4.57 Å². The lowest BCUT2D eigenvalue weighted by molar-refractivity contribution is -0.143. The molecule has 0 unspecified atom stereocenters. The number of amides is 1. The first-order valence-corrected chi connectivity index (χ1v) is 7.78. The molecule has 1 aromatic carbocycles. The minimum atomic E-state index is -0.888. The highest BCUT2D eigenvalue weighted by Gasteiger charge is 2.15. The number of hydrogen-bond donors (Lipinski definition) is 1. The number of nitrogens with two attached hydrogens (primary N) is 1. The van der Waals surface area contributed by atoms with Gasteiger partial charge in [0.05, 0.1) is 7.11 Å². The van der Waals surface area contributed by atoms with Crippen molar-refractivity contribution < 1.29 is 19.1 Å². The Balaban J connectivity index is 2.37. The Morgan fingerprint density at radius 1 is 1.27 bits per heavy atom. The van der Waals surface area contributed by atoms with Gasteiger partial charge in [0.15, 0.2) is 6.61 Å². The summed E-state index contributed by atoms with van der Waals surface area (Å²) in [5, 5.41) is 9.21. The third-order valence-corrected chi connectivity index (χ3v) is 3.79. The van der Waals surface area contributed by atoms with Gasteiger partial charge in [-0.2, -0.15) is 5.26 Å². The number of esters is 1. The Kier molecular flexibility index (Phi) is 5.81. The Morgan fingerprint density at radius 2 is 1.92 bits per heavy atom. The summed E-state index contributed by atoms with van der Waals surface area (Å²) in [5.74, 6) is -0.922. The highest BCUT2D eigenvalue weighted by Crippen LogP contribution is 2.24. The number of aryl methyl sites for hydroxylation is 1. The van der Waals surface area contributed by atoms with Crippen LogP contribution >= 0.6 is 0 Å². The van der Waals surface area contributed by atoms with Crippen molar-refractivity contribution >= 4 is 18.0 Å². The molecule has 2 N–H and O–H groups in total. The van der Waals surface area contributed by atoms with Gasteiger partial charge < -0.3 is 19.8 Å². The Labute approximate surface area is 151 Å². The maximum Gasteiger partial charge on any atom is 0.349 e. The molecule has 26 heavy (non-hydrogen) atoms. The summed E-state index contributed by atoms with van der Waals surface area (Å²) in [5.41, 5.74) is 8.14. The van der Waals surface area contributed by atoms with Crippen molar-refractivity contribution in [2.45, 2.75) is 13.8 Å². The van der Waals surface area contributed by atoms with Crippen LogP contribution in [-0.4, -0.2) is 30.2 Å². The zero-order valence-electron chi connectivity index (χ0n) is 14.8. The van der Waals surface area contributed by atoms with E-state index in [1.165, 1.54) is 6.08 Å². The van der Waals surface area contributed by atoms with Gasteiger partial charge in [-0.3, -0.25) is 4.79 Å². The maximum atomic E-state index is 11.9. The van der Waals surface area contributed by atoms with Gasteiger partial charge in [-0.25, -0.2) is 4.79 Å². The first-order valence-electron chi connectivity index (χ1n) is 7.78. The Bertz CT molecular complexity index is 902. The van der Waals surface area contributed by atoms with Crippen LogP contribution in [0.3, 0.4) is 0 Å². The highest BCUT2D eigenvalue weighted by atomic mass is 16.5. The molecule has 134 valence electrons. The van der Waals surface area contributed by atoms with E-state index in [4.69, 9.17) is 15.2 Å². The number of ether oxygens (including phenoxy) is 2. The second kappa shape index (κ2) is 8.03. The summed E-state index contributed by atoms with van der Waals surface area (Å²) in [6.07, 6.45) is 1.44. The smallest absolute Gasteiger partial charge is 0.349 e. The summed E-state index contributed by atoms with van der Waals surface area (Å²) in [4.78, 5) is 22.6. The van der Waals surface area contributed by atoms with Gasteiger partial charge in [0.25, 0.3) is 5.91 Å². The molecule has 1 aromatic heterocycles. The van der Waals surface area contributed by atoms with Crippen LogP contribution in [0.15, 0.2) is 35.9 Å². The standard InChI is InChI=1S/C19H19N3O4/c1-12-8-14(9-15(10-20)19(24)26-11-18(21)23)13(2)22(12)16-4-6-17(25-3)7-5-16/h4-9H,11H2,1-3H3,(H2,21,23). The molecule has 1 heterocycles. The second-order valence-electron chi connectivity index (χ2n) is 5.57. The van der Waals surface area contributed by atoms with Crippen LogP contribution in [0.4, 0.5) is 0 Å². The molecule has 2 aromatic rings. The van der Waals surface area contributed by atoms with E-state index in [0.29, 0.717) is 5.56 Å². The van der Waals surface area contributed by atoms with Gasteiger partial charge in [-0.15, -0.1) is 0 Å². The fourth-order valence-corrected chi connectivity index (χ4v) is 2.57. The molecule has 0 aliphatic heterocycles. The summed E-state index contributed by atoms with van der Waals surface area (Å²) in [6.45, 7) is 3.24. The summed E-state index contributed by atoms with van der Waals surface area (Å²) >= 11 is 0. The van der Waals surface area contributed by atoms with E-state index in [1.54, 1.807) is 13.2 Å². The summed E-state index contributed by atoms with van der Waals surface area (Å²) in [6, 6.07) is 11.2. The number of carbonyl (C=O) groups excluding carboxylic acids is 2.